The Hall–Kier alpha value is -1.64. The van der Waals surface area contributed by atoms with Gasteiger partial charge in [-0.05, 0) is 18.6 Å². The third-order valence-corrected chi connectivity index (χ3v) is 2.98. The van der Waals surface area contributed by atoms with Gasteiger partial charge in [0.15, 0.2) is 5.78 Å². The molecule has 1 unspecified atom stereocenters. The number of pyridine rings is 1. The maximum atomic E-state index is 12.1. The van der Waals surface area contributed by atoms with E-state index in [-0.39, 0.29) is 11.7 Å². The summed E-state index contributed by atoms with van der Waals surface area (Å²) in [5.41, 5.74) is 0.745. The van der Waals surface area contributed by atoms with Gasteiger partial charge >= 0.3 is 0 Å². The molecule has 0 aromatic carbocycles. The van der Waals surface area contributed by atoms with E-state index in [4.69, 9.17) is 0 Å². The Morgan fingerprint density at radius 2 is 2.50 bits per heavy atom. The van der Waals surface area contributed by atoms with Crippen molar-refractivity contribution >= 4 is 11.6 Å². The van der Waals surface area contributed by atoms with Crippen molar-refractivity contribution in [3.63, 3.8) is 0 Å². The number of ketones is 1. The van der Waals surface area contributed by atoms with E-state index in [0.717, 1.165) is 30.9 Å². The second-order valence-corrected chi connectivity index (χ2v) is 4.16. The van der Waals surface area contributed by atoms with Crippen LogP contribution in [0.15, 0.2) is 31.0 Å². The van der Waals surface area contributed by atoms with Gasteiger partial charge in [-0.25, -0.2) is 4.98 Å². The maximum absolute atomic E-state index is 12.1. The number of nitrogens with zero attached hydrogens (tertiary/aromatic N) is 2. The maximum Gasteiger partial charge on any atom is 0.169 e. The van der Waals surface area contributed by atoms with Crippen LogP contribution in [0, 0.1) is 5.92 Å². The topological polar surface area (TPSA) is 33.2 Å². The molecule has 0 radical (unpaired) electrons. The van der Waals surface area contributed by atoms with Crippen molar-refractivity contribution in [1.82, 2.24) is 4.98 Å². The highest BCUT2D eigenvalue weighted by Gasteiger charge is 2.25. The molecule has 1 aromatic heterocycles. The molecule has 3 nitrogen and oxygen atoms in total. The van der Waals surface area contributed by atoms with Gasteiger partial charge in [0.1, 0.15) is 5.82 Å². The van der Waals surface area contributed by atoms with Gasteiger partial charge in [0.05, 0.1) is 5.56 Å². The molecule has 0 saturated carbocycles. The van der Waals surface area contributed by atoms with E-state index in [9.17, 15) is 4.79 Å². The van der Waals surface area contributed by atoms with Crippen LogP contribution in [0.2, 0.25) is 0 Å². The SMILES string of the molecule is C=CCN1CCC(C)C(=O)c2cccnc21. The first kappa shape index (κ1) is 10.9. The van der Waals surface area contributed by atoms with Crippen LogP contribution in [0.4, 0.5) is 5.82 Å². The van der Waals surface area contributed by atoms with Crippen LogP contribution >= 0.6 is 0 Å². The minimum Gasteiger partial charge on any atom is -0.352 e. The van der Waals surface area contributed by atoms with E-state index < -0.39 is 0 Å². The molecule has 1 aliphatic heterocycles. The van der Waals surface area contributed by atoms with Crippen molar-refractivity contribution in [2.24, 2.45) is 5.92 Å². The van der Waals surface area contributed by atoms with Crippen molar-refractivity contribution in [3.8, 4) is 0 Å². The third-order valence-electron chi connectivity index (χ3n) is 2.98. The summed E-state index contributed by atoms with van der Waals surface area (Å²) in [5.74, 6) is 1.09. The molecule has 16 heavy (non-hydrogen) atoms. The average molecular weight is 216 g/mol. The number of fused-ring (bicyclic) bond motifs is 1. The molecule has 0 aliphatic carbocycles. The highest BCUT2D eigenvalue weighted by Crippen LogP contribution is 2.26. The first-order valence-corrected chi connectivity index (χ1v) is 5.59. The van der Waals surface area contributed by atoms with E-state index in [1.807, 2.05) is 25.1 Å². The molecule has 0 saturated heterocycles. The summed E-state index contributed by atoms with van der Waals surface area (Å²) in [5, 5.41) is 0. The molecule has 3 heteroatoms. The van der Waals surface area contributed by atoms with Gasteiger partial charge in [-0.1, -0.05) is 13.0 Å². The summed E-state index contributed by atoms with van der Waals surface area (Å²) >= 11 is 0. The van der Waals surface area contributed by atoms with E-state index in [1.165, 1.54) is 0 Å². The smallest absolute Gasteiger partial charge is 0.169 e. The number of carbonyl (C=O) groups excluding carboxylic acids is 1. The van der Waals surface area contributed by atoms with Gasteiger partial charge in [-0.15, -0.1) is 6.58 Å². The predicted octanol–water partition coefficient (Wildman–Crippen LogP) is 2.30. The van der Waals surface area contributed by atoms with Crippen molar-refractivity contribution in [2.45, 2.75) is 13.3 Å². The summed E-state index contributed by atoms with van der Waals surface area (Å²) in [6, 6.07) is 3.68. The normalized spacial score (nSPS) is 20.2. The molecule has 0 amide bonds. The Morgan fingerprint density at radius 1 is 1.69 bits per heavy atom. The lowest BCUT2D eigenvalue weighted by Gasteiger charge is -2.21. The van der Waals surface area contributed by atoms with Gasteiger partial charge in [-0.3, -0.25) is 4.79 Å². The predicted molar refractivity (Wildman–Crippen MR) is 64.8 cm³/mol. The molecular weight excluding hydrogens is 200 g/mol. The monoisotopic (exact) mass is 216 g/mol. The van der Waals surface area contributed by atoms with E-state index in [1.54, 1.807) is 6.20 Å². The first-order valence-electron chi connectivity index (χ1n) is 5.59. The fourth-order valence-electron chi connectivity index (χ4n) is 2.03. The lowest BCUT2D eigenvalue weighted by atomic mass is 9.99. The number of carbonyl (C=O) groups is 1. The van der Waals surface area contributed by atoms with Crippen LogP contribution in [-0.2, 0) is 0 Å². The zero-order valence-electron chi connectivity index (χ0n) is 9.52. The standard InChI is InChI=1S/C13H16N2O/c1-3-8-15-9-6-10(2)12(16)11-5-4-7-14-13(11)15/h3-5,7,10H,1,6,8-9H2,2H3. The number of hydrogen-bond donors (Lipinski definition) is 0. The molecule has 1 aliphatic rings. The third kappa shape index (κ3) is 1.85. The van der Waals surface area contributed by atoms with Crippen molar-refractivity contribution < 1.29 is 4.79 Å². The molecule has 0 bridgehead atoms. The Balaban J connectivity index is 2.45. The Kier molecular flexibility index (Phi) is 3.04. The van der Waals surface area contributed by atoms with Crippen molar-refractivity contribution in [3.05, 3.63) is 36.5 Å². The molecule has 0 spiro atoms. The van der Waals surface area contributed by atoms with E-state index in [0.29, 0.717) is 0 Å². The number of hydrogen-bond acceptors (Lipinski definition) is 3. The molecule has 1 aromatic rings. The molecule has 2 rings (SSSR count). The van der Waals surface area contributed by atoms with Gasteiger partial charge < -0.3 is 4.90 Å². The Labute approximate surface area is 95.8 Å². The minimum absolute atomic E-state index is 0.0813. The second kappa shape index (κ2) is 4.47. The van der Waals surface area contributed by atoms with Crippen LogP contribution in [0.5, 0.6) is 0 Å². The van der Waals surface area contributed by atoms with Crippen LogP contribution in [-0.4, -0.2) is 23.9 Å². The van der Waals surface area contributed by atoms with Crippen molar-refractivity contribution in [1.29, 1.82) is 0 Å². The lowest BCUT2D eigenvalue weighted by molar-refractivity contribution is 0.0929. The van der Waals surface area contributed by atoms with E-state index in [2.05, 4.69) is 16.5 Å². The number of anilines is 1. The quantitative estimate of drug-likeness (QED) is 0.711. The highest BCUT2D eigenvalue weighted by atomic mass is 16.1. The zero-order chi connectivity index (χ0) is 11.5. The Bertz CT molecular complexity index is 414. The van der Waals surface area contributed by atoms with Gasteiger partial charge in [0.25, 0.3) is 0 Å². The molecule has 2 heterocycles. The molecular formula is C13H16N2O. The molecule has 0 fully saturated rings. The number of Topliss-reactive ketones (excluding diaryl/α,β-unsaturated/α-hetero) is 1. The second-order valence-electron chi connectivity index (χ2n) is 4.16. The lowest BCUT2D eigenvalue weighted by Crippen LogP contribution is -2.25. The van der Waals surface area contributed by atoms with Crippen LogP contribution in [0.3, 0.4) is 0 Å². The van der Waals surface area contributed by atoms with Gasteiger partial charge in [0.2, 0.25) is 0 Å². The summed E-state index contributed by atoms with van der Waals surface area (Å²) < 4.78 is 0. The summed E-state index contributed by atoms with van der Waals surface area (Å²) in [6.07, 6.45) is 4.46. The minimum atomic E-state index is 0.0813. The average Bonchev–Trinajstić information content (AvgIpc) is 2.43. The van der Waals surface area contributed by atoms with E-state index >= 15 is 0 Å². The molecule has 1 atom stereocenters. The van der Waals surface area contributed by atoms with Gasteiger partial charge in [-0.2, -0.15) is 0 Å². The van der Waals surface area contributed by atoms with Crippen molar-refractivity contribution in [2.75, 3.05) is 18.0 Å². The fraction of sp³-hybridized carbons (Fsp3) is 0.385. The Morgan fingerprint density at radius 3 is 3.25 bits per heavy atom. The van der Waals surface area contributed by atoms with Crippen LogP contribution in [0.1, 0.15) is 23.7 Å². The summed E-state index contributed by atoms with van der Waals surface area (Å²) in [7, 11) is 0. The summed E-state index contributed by atoms with van der Waals surface area (Å²) in [4.78, 5) is 18.5. The number of aromatic nitrogens is 1. The molecule has 84 valence electrons. The van der Waals surface area contributed by atoms with Crippen LogP contribution in [0.25, 0.3) is 0 Å². The first-order chi connectivity index (χ1) is 7.74. The molecule has 0 N–H and O–H groups in total. The van der Waals surface area contributed by atoms with Crippen LogP contribution < -0.4 is 4.90 Å². The zero-order valence-corrected chi connectivity index (χ0v) is 9.52. The fourth-order valence-corrected chi connectivity index (χ4v) is 2.03. The highest BCUT2D eigenvalue weighted by molar-refractivity contribution is 6.02. The summed E-state index contributed by atoms with van der Waals surface area (Å²) in [6.45, 7) is 7.33. The number of rotatable bonds is 2. The van der Waals surface area contributed by atoms with Gasteiger partial charge in [0, 0.05) is 25.2 Å². The largest absolute Gasteiger partial charge is 0.352 e.